The minimum absolute atomic E-state index is 0.332. The third kappa shape index (κ3) is 3.15. The molecule has 106 valence electrons. The average molecular weight is 266 g/mol. The van der Waals surface area contributed by atoms with Crippen LogP contribution in [0.4, 0.5) is 0 Å². The molecule has 0 fully saturated rings. The van der Waals surface area contributed by atoms with E-state index < -0.39 is 0 Å². The highest BCUT2D eigenvalue weighted by atomic mass is 16.5. The molecule has 5 heteroatoms. The first-order chi connectivity index (χ1) is 9.27. The molecule has 5 nitrogen and oxygen atoms in total. The second-order valence-electron chi connectivity index (χ2n) is 4.88. The molecule has 0 amide bonds. The molecule has 1 heterocycles. The smallest absolute Gasteiger partial charge is 0.374 e. The number of esters is 1. The molecule has 0 atom stereocenters. The van der Waals surface area contributed by atoms with Gasteiger partial charge in [-0.15, -0.1) is 0 Å². The lowest BCUT2D eigenvalue weighted by molar-refractivity contribution is 0.0580. The van der Waals surface area contributed by atoms with E-state index in [1.54, 1.807) is 7.11 Å². The van der Waals surface area contributed by atoms with E-state index in [1.165, 1.54) is 19.2 Å². The molecule has 0 spiro atoms. The molecule has 0 bridgehead atoms. The van der Waals surface area contributed by atoms with Crippen molar-refractivity contribution in [2.24, 2.45) is 0 Å². The Hall–Kier alpha value is -1.36. The number of ether oxygens (including phenoxy) is 2. The second-order valence-corrected chi connectivity index (χ2v) is 4.88. The number of fused-ring (bicyclic) bond motifs is 1. The number of carbonyl (C=O) groups excluding carboxylic acids is 1. The number of imidazole rings is 1. The van der Waals surface area contributed by atoms with Crippen LogP contribution in [0.5, 0.6) is 0 Å². The van der Waals surface area contributed by atoms with Gasteiger partial charge in [0.05, 0.1) is 12.8 Å². The first-order valence-corrected chi connectivity index (χ1v) is 6.93. The lowest BCUT2D eigenvalue weighted by atomic mass is 10.0. The van der Waals surface area contributed by atoms with Crippen molar-refractivity contribution in [1.82, 2.24) is 9.55 Å². The van der Waals surface area contributed by atoms with Crippen molar-refractivity contribution in [1.29, 1.82) is 0 Å². The van der Waals surface area contributed by atoms with E-state index in [9.17, 15) is 4.79 Å². The van der Waals surface area contributed by atoms with Crippen LogP contribution in [-0.4, -0.2) is 36.3 Å². The SMILES string of the molecule is COCCCCn1c(C(=O)OC)nc2c1CCCC2. The summed E-state index contributed by atoms with van der Waals surface area (Å²) in [4.78, 5) is 16.3. The van der Waals surface area contributed by atoms with Crippen LogP contribution in [0.1, 0.15) is 47.7 Å². The summed E-state index contributed by atoms with van der Waals surface area (Å²) in [6.45, 7) is 1.57. The van der Waals surface area contributed by atoms with E-state index in [4.69, 9.17) is 9.47 Å². The highest BCUT2D eigenvalue weighted by Gasteiger charge is 2.23. The number of methoxy groups -OCH3 is 2. The van der Waals surface area contributed by atoms with Crippen LogP contribution in [0, 0.1) is 0 Å². The molecule has 2 rings (SSSR count). The highest BCUT2D eigenvalue weighted by molar-refractivity contribution is 5.85. The second kappa shape index (κ2) is 6.70. The minimum Gasteiger partial charge on any atom is -0.463 e. The fourth-order valence-electron chi connectivity index (χ4n) is 2.60. The van der Waals surface area contributed by atoms with Crippen LogP contribution in [0.2, 0.25) is 0 Å². The number of hydrogen-bond donors (Lipinski definition) is 0. The van der Waals surface area contributed by atoms with Gasteiger partial charge in [-0.2, -0.15) is 0 Å². The molecule has 0 saturated heterocycles. The number of carbonyl (C=O) groups is 1. The van der Waals surface area contributed by atoms with Crippen LogP contribution >= 0.6 is 0 Å². The van der Waals surface area contributed by atoms with Crippen LogP contribution in [0.25, 0.3) is 0 Å². The maximum absolute atomic E-state index is 11.8. The zero-order valence-corrected chi connectivity index (χ0v) is 11.8. The number of hydrogen-bond acceptors (Lipinski definition) is 4. The Morgan fingerprint density at radius 1 is 1.26 bits per heavy atom. The van der Waals surface area contributed by atoms with Gasteiger partial charge in [-0.05, 0) is 38.5 Å². The van der Waals surface area contributed by atoms with E-state index in [2.05, 4.69) is 9.55 Å². The Morgan fingerprint density at radius 3 is 2.79 bits per heavy atom. The van der Waals surface area contributed by atoms with Crippen LogP contribution in [0.3, 0.4) is 0 Å². The highest BCUT2D eigenvalue weighted by Crippen LogP contribution is 2.23. The van der Waals surface area contributed by atoms with Crippen molar-refractivity contribution in [2.75, 3.05) is 20.8 Å². The van der Waals surface area contributed by atoms with Gasteiger partial charge in [0.1, 0.15) is 0 Å². The zero-order valence-electron chi connectivity index (χ0n) is 11.8. The Labute approximate surface area is 113 Å². The van der Waals surface area contributed by atoms with Crippen molar-refractivity contribution in [2.45, 2.75) is 45.1 Å². The summed E-state index contributed by atoms with van der Waals surface area (Å²) in [5.41, 5.74) is 2.31. The average Bonchev–Trinajstić information content (AvgIpc) is 2.81. The molecule has 1 aliphatic rings. The summed E-state index contributed by atoms with van der Waals surface area (Å²) in [5, 5.41) is 0. The molecule has 1 aliphatic carbocycles. The first kappa shape index (κ1) is 14.1. The van der Waals surface area contributed by atoms with Crippen LogP contribution in [-0.2, 0) is 28.9 Å². The molecule has 1 aromatic heterocycles. The Bertz CT molecular complexity index is 440. The van der Waals surface area contributed by atoms with Crippen molar-refractivity contribution in [3.05, 3.63) is 17.2 Å². The maximum Gasteiger partial charge on any atom is 0.374 e. The fraction of sp³-hybridized carbons (Fsp3) is 0.714. The number of unbranched alkanes of at least 4 members (excludes halogenated alkanes) is 1. The summed E-state index contributed by atoms with van der Waals surface area (Å²) < 4.78 is 11.9. The molecule has 1 aromatic rings. The fourth-order valence-corrected chi connectivity index (χ4v) is 2.60. The van der Waals surface area contributed by atoms with Gasteiger partial charge in [0, 0.05) is 26.0 Å². The molecule has 0 aromatic carbocycles. The summed E-state index contributed by atoms with van der Waals surface area (Å²) in [7, 11) is 3.12. The largest absolute Gasteiger partial charge is 0.463 e. The van der Waals surface area contributed by atoms with Gasteiger partial charge in [0.25, 0.3) is 0 Å². The lowest BCUT2D eigenvalue weighted by Gasteiger charge is -2.14. The van der Waals surface area contributed by atoms with E-state index >= 15 is 0 Å². The van der Waals surface area contributed by atoms with Crippen molar-refractivity contribution in [3.63, 3.8) is 0 Å². The zero-order chi connectivity index (χ0) is 13.7. The summed E-state index contributed by atoms with van der Waals surface area (Å²) in [6, 6.07) is 0. The predicted molar refractivity (Wildman–Crippen MR) is 71.3 cm³/mol. The number of nitrogens with zero attached hydrogens (tertiary/aromatic N) is 2. The van der Waals surface area contributed by atoms with Gasteiger partial charge in [0.15, 0.2) is 0 Å². The van der Waals surface area contributed by atoms with E-state index in [1.807, 2.05) is 0 Å². The van der Waals surface area contributed by atoms with Crippen molar-refractivity contribution >= 4 is 5.97 Å². The third-order valence-corrected chi connectivity index (χ3v) is 3.58. The molecular weight excluding hydrogens is 244 g/mol. The molecule has 0 saturated carbocycles. The maximum atomic E-state index is 11.8. The minimum atomic E-state index is -0.332. The van der Waals surface area contributed by atoms with Gasteiger partial charge in [-0.1, -0.05) is 0 Å². The number of aryl methyl sites for hydroxylation is 1. The van der Waals surface area contributed by atoms with Crippen LogP contribution < -0.4 is 0 Å². The molecule has 0 N–H and O–H groups in total. The van der Waals surface area contributed by atoms with Crippen molar-refractivity contribution in [3.8, 4) is 0 Å². The Morgan fingerprint density at radius 2 is 2.05 bits per heavy atom. The summed E-state index contributed by atoms with van der Waals surface area (Å²) in [5.74, 6) is 0.132. The molecule has 19 heavy (non-hydrogen) atoms. The molecule has 0 radical (unpaired) electrons. The van der Waals surface area contributed by atoms with Gasteiger partial charge < -0.3 is 14.0 Å². The summed E-state index contributed by atoms with van der Waals surface area (Å²) >= 11 is 0. The molecular formula is C14H22N2O3. The monoisotopic (exact) mass is 266 g/mol. The first-order valence-electron chi connectivity index (χ1n) is 6.93. The predicted octanol–water partition coefficient (Wildman–Crippen LogP) is 1.98. The van der Waals surface area contributed by atoms with E-state index in [0.29, 0.717) is 5.82 Å². The Kier molecular flexibility index (Phi) is 4.96. The Balaban J connectivity index is 2.17. The quantitative estimate of drug-likeness (QED) is 0.583. The lowest BCUT2D eigenvalue weighted by Crippen LogP contribution is -2.15. The van der Waals surface area contributed by atoms with E-state index in [0.717, 1.165) is 50.9 Å². The molecule has 0 aliphatic heterocycles. The molecule has 0 unspecified atom stereocenters. The third-order valence-electron chi connectivity index (χ3n) is 3.58. The summed E-state index contributed by atoms with van der Waals surface area (Å²) in [6.07, 6.45) is 6.31. The standard InChI is InChI=1S/C14H22N2O3/c1-18-10-6-5-9-16-12-8-4-3-7-11(12)15-13(16)14(17)19-2/h3-10H2,1-2H3. The number of rotatable bonds is 6. The van der Waals surface area contributed by atoms with Crippen molar-refractivity contribution < 1.29 is 14.3 Å². The normalized spacial score (nSPS) is 14.2. The topological polar surface area (TPSA) is 53.4 Å². The van der Waals surface area contributed by atoms with Gasteiger partial charge in [0.2, 0.25) is 5.82 Å². The van der Waals surface area contributed by atoms with Gasteiger partial charge in [-0.25, -0.2) is 9.78 Å². The number of aromatic nitrogens is 2. The van der Waals surface area contributed by atoms with Crippen LogP contribution in [0.15, 0.2) is 0 Å². The van der Waals surface area contributed by atoms with Gasteiger partial charge in [-0.3, -0.25) is 0 Å². The van der Waals surface area contributed by atoms with Gasteiger partial charge >= 0.3 is 5.97 Å². The van der Waals surface area contributed by atoms with E-state index in [-0.39, 0.29) is 5.97 Å².